The van der Waals surface area contributed by atoms with E-state index in [-0.39, 0.29) is 6.61 Å². The van der Waals surface area contributed by atoms with Crippen molar-refractivity contribution in [1.29, 1.82) is 0 Å². The van der Waals surface area contributed by atoms with Crippen LogP contribution in [0.4, 0.5) is 0 Å². The SMILES string of the molecule is O=C(O)COc1ccc(CN2C[C@H]3C[C@H](C2)[C@@H]2CCCC(=O)N2C3)cc1. The molecule has 3 atom stereocenters. The maximum absolute atomic E-state index is 12.2. The lowest BCUT2D eigenvalue weighted by atomic mass is 9.76. The predicted molar refractivity (Wildman–Crippen MR) is 95.8 cm³/mol. The number of carbonyl (C=O) groups excluding carboxylic acids is 1. The Kier molecular flexibility index (Phi) is 4.85. The zero-order valence-corrected chi connectivity index (χ0v) is 15.0. The minimum atomic E-state index is -0.968. The molecule has 26 heavy (non-hydrogen) atoms. The maximum Gasteiger partial charge on any atom is 0.341 e. The van der Waals surface area contributed by atoms with Gasteiger partial charge in [-0.1, -0.05) is 12.1 Å². The van der Waals surface area contributed by atoms with Gasteiger partial charge in [0.15, 0.2) is 6.61 Å². The van der Waals surface area contributed by atoms with Crippen molar-refractivity contribution < 1.29 is 19.4 Å². The van der Waals surface area contributed by atoms with Gasteiger partial charge in [0.25, 0.3) is 0 Å². The molecule has 3 saturated heterocycles. The zero-order chi connectivity index (χ0) is 18.1. The van der Waals surface area contributed by atoms with Crippen molar-refractivity contribution in [3.63, 3.8) is 0 Å². The van der Waals surface area contributed by atoms with E-state index in [1.165, 1.54) is 12.0 Å². The Labute approximate surface area is 153 Å². The van der Waals surface area contributed by atoms with Crippen LogP contribution in [0.3, 0.4) is 0 Å². The highest BCUT2D eigenvalue weighted by molar-refractivity contribution is 5.77. The Morgan fingerprint density at radius 3 is 2.77 bits per heavy atom. The summed E-state index contributed by atoms with van der Waals surface area (Å²) in [4.78, 5) is 27.5. The topological polar surface area (TPSA) is 70.1 Å². The van der Waals surface area contributed by atoms with Crippen molar-refractivity contribution in [2.24, 2.45) is 11.8 Å². The van der Waals surface area contributed by atoms with Crippen LogP contribution in [0, 0.1) is 11.8 Å². The van der Waals surface area contributed by atoms with Crippen LogP contribution < -0.4 is 4.74 Å². The highest BCUT2D eigenvalue weighted by atomic mass is 16.5. The van der Waals surface area contributed by atoms with Crippen molar-refractivity contribution >= 4 is 11.9 Å². The van der Waals surface area contributed by atoms with Crippen molar-refractivity contribution in [3.05, 3.63) is 29.8 Å². The van der Waals surface area contributed by atoms with Crippen LogP contribution in [0.1, 0.15) is 31.2 Å². The van der Waals surface area contributed by atoms with E-state index in [2.05, 4.69) is 9.80 Å². The number of ether oxygens (including phenoxy) is 1. The molecule has 4 rings (SSSR count). The Balaban J connectivity index is 1.36. The molecule has 0 radical (unpaired) electrons. The zero-order valence-electron chi connectivity index (χ0n) is 15.0. The van der Waals surface area contributed by atoms with E-state index >= 15 is 0 Å². The maximum atomic E-state index is 12.2. The van der Waals surface area contributed by atoms with Crippen molar-refractivity contribution in [2.75, 3.05) is 26.2 Å². The fraction of sp³-hybridized carbons (Fsp3) is 0.600. The molecule has 0 saturated carbocycles. The number of nitrogens with zero attached hydrogens (tertiary/aromatic N) is 2. The van der Waals surface area contributed by atoms with Crippen LogP contribution in [0.2, 0.25) is 0 Å². The summed E-state index contributed by atoms with van der Waals surface area (Å²) < 4.78 is 5.19. The fourth-order valence-electron chi connectivity index (χ4n) is 4.94. The first-order valence-electron chi connectivity index (χ1n) is 9.54. The van der Waals surface area contributed by atoms with Gasteiger partial charge in [0.2, 0.25) is 5.91 Å². The summed E-state index contributed by atoms with van der Waals surface area (Å²) in [5.74, 6) is 1.17. The number of likely N-dealkylation sites (tertiary alicyclic amines) is 1. The third-order valence-electron chi connectivity index (χ3n) is 5.95. The van der Waals surface area contributed by atoms with Gasteiger partial charge in [0, 0.05) is 38.6 Å². The Morgan fingerprint density at radius 1 is 1.19 bits per heavy atom. The third-order valence-corrected chi connectivity index (χ3v) is 5.95. The molecule has 1 amide bonds. The Morgan fingerprint density at radius 2 is 2.00 bits per heavy atom. The summed E-state index contributed by atoms with van der Waals surface area (Å²) in [6.45, 7) is 3.61. The standard InChI is InChI=1S/C20H26N2O4/c23-19-3-1-2-18-16-8-15(11-22(18)19)10-21(12-16)9-14-4-6-17(7-5-14)26-13-20(24)25/h4-7,15-16,18H,1-3,8-13H2,(H,24,25)/t15-,16-,18+/m1/s1. The molecule has 1 N–H and O–H groups in total. The summed E-state index contributed by atoms with van der Waals surface area (Å²) in [5.41, 5.74) is 1.21. The molecule has 3 aliphatic rings. The molecule has 6 heteroatoms. The molecule has 3 heterocycles. The molecule has 6 nitrogen and oxygen atoms in total. The second kappa shape index (κ2) is 7.27. The van der Waals surface area contributed by atoms with Crippen molar-refractivity contribution in [1.82, 2.24) is 9.80 Å². The second-order valence-electron chi connectivity index (χ2n) is 7.89. The number of hydrogen-bond acceptors (Lipinski definition) is 4. The monoisotopic (exact) mass is 358 g/mol. The Bertz CT molecular complexity index is 675. The van der Waals surface area contributed by atoms with Crippen LogP contribution in [0.25, 0.3) is 0 Å². The lowest BCUT2D eigenvalue weighted by Crippen LogP contribution is -2.60. The van der Waals surface area contributed by atoms with E-state index in [1.54, 1.807) is 0 Å². The van der Waals surface area contributed by atoms with E-state index in [1.807, 2.05) is 24.3 Å². The number of aliphatic carboxylic acids is 1. The van der Waals surface area contributed by atoms with Crippen LogP contribution in [-0.2, 0) is 16.1 Å². The normalized spacial score (nSPS) is 28.5. The summed E-state index contributed by atoms with van der Waals surface area (Å²) in [6, 6.07) is 8.15. The number of benzene rings is 1. The number of hydrogen-bond donors (Lipinski definition) is 1. The summed E-state index contributed by atoms with van der Waals surface area (Å²) in [5, 5.41) is 8.67. The number of amides is 1. The smallest absolute Gasteiger partial charge is 0.341 e. The lowest BCUT2D eigenvalue weighted by Gasteiger charge is -2.52. The van der Waals surface area contributed by atoms with Gasteiger partial charge in [-0.25, -0.2) is 4.79 Å². The van der Waals surface area contributed by atoms with Crippen LogP contribution in [-0.4, -0.2) is 59.1 Å². The summed E-state index contributed by atoms with van der Waals surface area (Å²) in [7, 11) is 0. The molecule has 0 spiro atoms. The molecular formula is C20H26N2O4. The molecule has 0 aliphatic carbocycles. The molecule has 3 aliphatic heterocycles. The van der Waals surface area contributed by atoms with E-state index in [4.69, 9.17) is 9.84 Å². The number of rotatable bonds is 5. The summed E-state index contributed by atoms with van der Waals surface area (Å²) in [6.07, 6.45) is 4.19. The second-order valence-corrected chi connectivity index (χ2v) is 7.89. The van der Waals surface area contributed by atoms with E-state index < -0.39 is 5.97 Å². The summed E-state index contributed by atoms with van der Waals surface area (Å²) >= 11 is 0. The molecular weight excluding hydrogens is 332 g/mol. The lowest BCUT2D eigenvalue weighted by molar-refractivity contribution is -0.145. The number of carboxylic acids is 1. The van der Waals surface area contributed by atoms with Gasteiger partial charge >= 0.3 is 5.97 Å². The number of carboxylic acid groups (broad SMARTS) is 1. The van der Waals surface area contributed by atoms with Gasteiger partial charge < -0.3 is 14.7 Å². The van der Waals surface area contributed by atoms with Crippen LogP contribution in [0.5, 0.6) is 5.75 Å². The Hall–Kier alpha value is -2.08. The number of carbonyl (C=O) groups is 2. The first kappa shape index (κ1) is 17.3. The van der Waals surface area contributed by atoms with Gasteiger partial charge in [-0.15, -0.1) is 0 Å². The third kappa shape index (κ3) is 3.70. The molecule has 2 bridgehead atoms. The van der Waals surface area contributed by atoms with Crippen molar-refractivity contribution in [3.8, 4) is 5.75 Å². The largest absolute Gasteiger partial charge is 0.482 e. The molecule has 0 unspecified atom stereocenters. The minimum Gasteiger partial charge on any atom is -0.482 e. The minimum absolute atomic E-state index is 0.314. The molecule has 1 aromatic rings. The average molecular weight is 358 g/mol. The van der Waals surface area contributed by atoms with Crippen LogP contribution >= 0.6 is 0 Å². The fourth-order valence-corrected chi connectivity index (χ4v) is 4.94. The predicted octanol–water partition coefficient (Wildman–Crippen LogP) is 1.98. The van der Waals surface area contributed by atoms with Crippen molar-refractivity contribution in [2.45, 2.75) is 38.3 Å². The van der Waals surface area contributed by atoms with E-state index in [9.17, 15) is 9.59 Å². The van der Waals surface area contributed by atoms with Gasteiger partial charge in [0.05, 0.1) is 0 Å². The average Bonchev–Trinajstić information content (AvgIpc) is 2.62. The molecule has 3 fully saturated rings. The number of fused-ring (bicyclic) bond motifs is 4. The molecule has 0 aromatic heterocycles. The van der Waals surface area contributed by atoms with Gasteiger partial charge in [-0.05, 0) is 48.8 Å². The molecule has 140 valence electrons. The first-order chi connectivity index (χ1) is 12.6. The number of piperidine rings is 3. The van der Waals surface area contributed by atoms with Gasteiger partial charge in [-0.3, -0.25) is 9.69 Å². The van der Waals surface area contributed by atoms with Gasteiger partial charge in [0.1, 0.15) is 5.75 Å². The molecule has 1 aromatic carbocycles. The quantitative estimate of drug-likeness (QED) is 0.872. The van der Waals surface area contributed by atoms with Crippen LogP contribution in [0.15, 0.2) is 24.3 Å². The van der Waals surface area contributed by atoms with E-state index in [0.717, 1.165) is 45.4 Å². The first-order valence-corrected chi connectivity index (χ1v) is 9.54. The van der Waals surface area contributed by atoms with E-state index in [0.29, 0.717) is 29.5 Å². The highest BCUT2D eigenvalue weighted by Gasteiger charge is 2.43. The van der Waals surface area contributed by atoms with Gasteiger partial charge in [-0.2, -0.15) is 0 Å². The highest BCUT2D eigenvalue weighted by Crippen LogP contribution is 2.38.